The molecule has 0 bridgehead atoms. The van der Waals surface area contributed by atoms with Gasteiger partial charge < -0.3 is 10.4 Å². The second kappa shape index (κ2) is 7.04. The fourth-order valence-corrected chi connectivity index (χ4v) is 3.18. The molecule has 1 aliphatic rings. The molecule has 1 saturated heterocycles. The van der Waals surface area contributed by atoms with E-state index in [2.05, 4.69) is 24.1 Å². The van der Waals surface area contributed by atoms with Crippen molar-refractivity contribution >= 4 is 0 Å². The van der Waals surface area contributed by atoms with Gasteiger partial charge in [-0.1, -0.05) is 26.3 Å². The number of phenolic OH excluding ortho intramolecular Hbond substituents is 1. The third-order valence-electron chi connectivity index (χ3n) is 4.14. The molecule has 0 radical (unpaired) electrons. The third-order valence-corrected chi connectivity index (χ3v) is 4.14. The Morgan fingerprint density at radius 3 is 2.65 bits per heavy atom. The van der Waals surface area contributed by atoms with Gasteiger partial charge in [0.05, 0.1) is 0 Å². The number of phenols is 1. The molecule has 1 aromatic rings. The summed E-state index contributed by atoms with van der Waals surface area (Å²) in [6.45, 7) is 8.36. The maximum atomic E-state index is 13.7. The van der Waals surface area contributed by atoms with Gasteiger partial charge in [0, 0.05) is 32.2 Å². The lowest BCUT2D eigenvalue weighted by atomic mass is 9.89. The fourth-order valence-electron chi connectivity index (χ4n) is 3.18. The SMILES string of the molecule is CCCC(C)[C@@H](c1ccc(O)c(F)c1)N1CCNCC1. The highest BCUT2D eigenvalue weighted by atomic mass is 19.1. The van der Waals surface area contributed by atoms with Crippen LogP contribution in [0.5, 0.6) is 5.75 Å². The van der Waals surface area contributed by atoms with E-state index in [1.807, 2.05) is 6.07 Å². The average molecular weight is 280 g/mol. The van der Waals surface area contributed by atoms with Gasteiger partial charge in [0.25, 0.3) is 0 Å². The highest BCUT2D eigenvalue weighted by Gasteiger charge is 2.27. The molecule has 0 amide bonds. The molecule has 1 fully saturated rings. The van der Waals surface area contributed by atoms with Gasteiger partial charge in [-0.25, -0.2) is 4.39 Å². The molecule has 0 aliphatic carbocycles. The zero-order chi connectivity index (χ0) is 14.5. The number of piperazine rings is 1. The Hall–Kier alpha value is -1.13. The van der Waals surface area contributed by atoms with Crippen molar-refractivity contribution in [1.29, 1.82) is 0 Å². The number of hydrogen-bond donors (Lipinski definition) is 2. The van der Waals surface area contributed by atoms with Crippen LogP contribution in [-0.4, -0.2) is 36.2 Å². The Morgan fingerprint density at radius 1 is 1.35 bits per heavy atom. The van der Waals surface area contributed by atoms with E-state index in [0.717, 1.165) is 44.6 Å². The number of nitrogens with one attached hydrogen (secondary N) is 1. The van der Waals surface area contributed by atoms with E-state index in [-0.39, 0.29) is 11.8 Å². The second-order valence-corrected chi connectivity index (χ2v) is 5.71. The van der Waals surface area contributed by atoms with Crippen LogP contribution in [0.25, 0.3) is 0 Å². The number of benzene rings is 1. The maximum Gasteiger partial charge on any atom is 0.165 e. The fraction of sp³-hybridized carbons (Fsp3) is 0.625. The van der Waals surface area contributed by atoms with Gasteiger partial charge in [0.15, 0.2) is 11.6 Å². The molecule has 20 heavy (non-hydrogen) atoms. The molecule has 2 atom stereocenters. The highest BCUT2D eigenvalue weighted by Crippen LogP contribution is 2.33. The van der Waals surface area contributed by atoms with Gasteiger partial charge in [-0.3, -0.25) is 4.90 Å². The lowest BCUT2D eigenvalue weighted by Crippen LogP contribution is -2.46. The van der Waals surface area contributed by atoms with Crippen LogP contribution in [-0.2, 0) is 0 Å². The lowest BCUT2D eigenvalue weighted by molar-refractivity contribution is 0.125. The van der Waals surface area contributed by atoms with Gasteiger partial charge in [0.2, 0.25) is 0 Å². The van der Waals surface area contributed by atoms with E-state index in [4.69, 9.17) is 0 Å². The zero-order valence-electron chi connectivity index (χ0n) is 12.4. The molecule has 0 saturated carbocycles. The molecule has 0 aromatic heterocycles. The van der Waals surface area contributed by atoms with Crippen LogP contribution in [0.3, 0.4) is 0 Å². The van der Waals surface area contributed by atoms with Crippen molar-refractivity contribution in [1.82, 2.24) is 10.2 Å². The average Bonchev–Trinajstić information content (AvgIpc) is 2.44. The number of halogens is 1. The summed E-state index contributed by atoms with van der Waals surface area (Å²) in [6, 6.07) is 5.05. The molecular formula is C16H25FN2O. The largest absolute Gasteiger partial charge is 0.505 e. The molecule has 3 nitrogen and oxygen atoms in total. The van der Waals surface area contributed by atoms with Crippen LogP contribution >= 0.6 is 0 Å². The minimum atomic E-state index is -0.522. The van der Waals surface area contributed by atoms with E-state index in [0.29, 0.717) is 5.92 Å². The van der Waals surface area contributed by atoms with Gasteiger partial charge in [-0.2, -0.15) is 0 Å². The summed E-state index contributed by atoms with van der Waals surface area (Å²) in [5.74, 6) is -0.315. The van der Waals surface area contributed by atoms with Crippen LogP contribution in [0.4, 0.5) is 4.39 Å². The Kier molecular flexibility index (Phi) is 5.38. The predicted molar refractivity (Wildman–Crippen MR) is 79.3 cm³/mol. The molecule has 1 aliphatic heterocycles. The van der Waals surface area contributed by atoms with Crippen LogP contribution < -0.4 is 5.32 Å². The molecule has 2 rings (SSSR count). The second-order valence-electron chi connectivity index (χ2n) is 5.71. The van der Waals surface area contributed by atoms with Gasteiger partial charge >= 0.3 is 0 Å². The van der Waals surface area contributed by atoms with Gasteiger partial charge in [-0.15, -0.1) is 0 Å². The molecule has 1 heterocycles. The monoisotopic (exact) mass is 280 g/mol. The summed E-state index contributed by atoms with van der Waals surface area (Å²) < 4.78 is 13.7. The number of hydrogen-bond acceptors (Lipinski definition) is 3. The van der Waals surface area contributed by atoms with Crippen molar-refractivity contribution in [3.8, 4) is 5.75 Å². The Morgan fingerprint density at radius 2 is 2.05 bits per heavy atom. The summed E-state index contributed by atoms with van der Waals surface area (Å²) in [6.07, 6.45) is 2.25. The topological polar surface area (TPSA) is 35.5 Å². The Labute approximate surface area is 120 Å². The molecular weight excluding hydrogens is 255 g/mol. The number of aromatic hydroxyl groups is 1. The molecule has 112 valence electrons. The van der Waals surface area contributed by atoms with Crippen LogP contribution in [0, 0.1) is 11.7 Å². The summed E-state index contributed by atoms with van der Waals surface area (Å²) in [4.78, 5) is 2.43. The summed E-state index contributed by atoms with van der Waals surface area (Å²) in [5, 5.41) is 12.7. The zero-order valence-corrected chi connectivity index (χ0v) is 12.4. The minimum absolute atomic E-state index is 0.229. The van der Waals surface area contributed by atoms with Crippen molar-refractivity contribution in [2.45, 2.75) is 32.7 Å². The van der Waals surface area contributed by atoms with Crippen molar-refractivity contribution in [3.05, 3.63) is 29.6 Å². The standard InChI is InChI=1S/C16H25FN2O/c1-3-4-12(2)16(19-9-7-18-8-10-19)13-5-6-15(20)14(17)11-13/h5-6,11-12,16,18,20H,3-4,7-10H2,1-2H3/t12?,16-/m0/s1. The molecule has 0 spiro atoms. The predicted octanol–water partition coefficient (Wildman–Crippen LogP) is 2.91. The van der Waals surface area contributed by atoms with E-state index in [9.17, 15) is 9.50 Å². The van der Waals surface area contributed by atoms with Crippen molar-refractivity contribution in [3.63, 3.8) is 0 Å². The summed E-state index contributed by atoms with van der Waals surface area (Å²) in [7, 11) is 0. The number of nitrogens with zero attached hydrogens (tertiary/aromatic N) is 1. The Bertz CT molecular complexity index is 432. The first-order chi connectivity index (χ1) is 9.63. The van der Waals surface area contributed by atoms with Crippen LogP contribution in [0.1, 0.15) is 38.3 Å². The van der Waals surface area contributed by atoms with Gasteiger partial charge in [-0.05, 0) is 30.0 Å². The van der Waals surface area contributed by atoms with Gasteiger partial charge in [0.1, 0.15) is 0 Å². The first kappa shape index (κ1) is 15.3. The molecule has 1 aromatic carbocycles. The van der Waals surface area contributed by atoms with Crippen molar-refractivity contribution in [2.75, 3.05) is 26.2 Å². The van der Waals surface area contributed by atoms with Crippen LogP contribution in [0.2, 0.25) is 0 Å². The smallest absolute Gasteiger partial charge is 0.165 e. The first-order valence-electron chi connectivity index (χ1n) is 7.56. The number of rotatable bonds is 5. The lowest BCUT2D eigenvalue weighted by Gasteiger charge is -2.38. The normalized spacial score (nSPS) is 19.8. The summed E-state index contributed by atoms with van der Waals surface area (Å²) in [5.41, 5.74) is 0.975. The van der Waals surface area contributed by atoms with Crippen molar-refractivity contribution in [2.24, 2.45) is 5.92 Å². The molecule has 2 N–H and O–H groups in total. The summed E-state index contributed by atoms with van der Waals surface area (Å²) >= 11 is 0. The maximum absolute atomic E-state index is 13.7. The van der Waals surface area contributed by atoms with E-state index < -0.39 is 5.82 Å². The quantitative estimate of drug-likeness (QED) is 0.870. The molecule has 1 unspecified atom stereocenters. The van der Waals surface area contributed by atoms with Crippen molar-refractivity contribution < 1.29 is 9.50 Å². The van der Waals surface area contributed by atoms with E-state index in [1.165, 1.54) is 12.1 Å². The van der Waals surface area contributed by atoms with E-state index in [1.54, 1.807) is 0 Å². The highest BCUT2D eigenvalue weighted by molar-refractivity contribution is 5.30. The van der Waals surface area contributed by atoms with E-state index >= 15 is 0 Å². The Balaban J connectivity index is 2.26. The first-order valence-corrected chi connectivity index (χ1v) is 7.56. The molecule has 4 heteroatoms. The third kappa shape index (κ3) is 3.49. The van der Waals surface area contributed by atoms with Crippen LogP contribution in [0.15, 0.2) is 18.2 Å². The minimum Gasteiger partial charge on any atom is -0.505 e.